The van der Waals surface area contributed by atoms with E-state index in [9.17, 15) is 14.8 Å². The van der Waals surface area contributed by atoms with Crippen molar-refractivity contribution in [3.05, 3.63) is 47.4 Å². The highest BCUT2D eigenvalue weighted by Gasteiger charge is 2.45. The first-order chi connectivity index (χ1) is 15.6. The predicted molar refractivity (Wildman–Crippen MR) is 118 cm³/mol. The minimum absolute atomic E-state index is 0.0336. The number of ether oxygens (including phenoxy) is 2. The largest absolute Gasteiger partial charge is 0.387 e. The summed E-state index contributed by atoms with van der Waals surface area (Å²) in [6.45, 7) is 0.217. The molecule has 0 spiro atoms. The summed E-state index contributed by atoms with van der Waals surface area (Å²) in [5.74, 6) is 0.523. The van der Waals surface area contributed by atoms with Crippen LogP contribution in [0, 0.1) is 0 Å². The van der Waals surface area contributed by atoms with Crippen molar-refractivity contribution >= 4 is 36.0 Å². The van der Waals surface area contributed by atoms with Crippen molar-refractivity contribution in [3.8, 4) is 0 Å². The lowest BCUT2D eigenvalue weighted by molar-refractivity contribution is -0.0658. The maximum absolute atomic E-state index is 11.0. The standard InChI is InChI=1S/C19H23ClN5O7P/c1-24(8-11-5-3-2-4-6-11)16-12-7-21-25(17(12)23-19(20)22-16)18-15(27)14(26)13(32-18)9-31-10-33(28,29)30/h2-7,13-15,18,26-27H,8-10H2,1H3,(H2,28,29,30)/t13-,14-,15-,18-/m1/s1. The molecule has 0 radical (unpaired) electrons. The van der Waals surface area contributed by atoms with Crippen LogP contribution in [-0.4, -0.2) is 78.1 Å². The van der Waals surface area contributed by atoms with Gasteiger partial charge in [-0.15, -0.1) is 0 Å². The van der Waals surface area contributed by atoms with Crippen LogP contribution in [0.1, 0.15) is 11.8 Å². The number of aromatic nitrogens is 4. The Morgan fingerprint density at radius 3 is 2.64 bits per heavy atom. The highest BCUT2D eigenvalue weighted by molar-refractivity contribution is 7.51. The summed E-state index contributed by atoms with van der Waals surface area (Å²) in [4.78, 5) is 28.3. The molecular weight excluding hydrogens is 477 g/mol. The van der Waals surface area contributed by atoms with E-state index in [1.807, 2.05) is 42.3 Å². The molecule has 1 aliphatic heterocycles. The van der Waals surface area contributed by atoms with Crippen molar-refractivity contribution < 1.29 is 34.0 Å². The third-order valence-corrected chi connectivity index (χ3v) is 5.84. The number of hydrogen-bond donors (Lipinski definition) is 4. The van der Waals surface area contributed by atoms with Gasteiger partial charge in [-0.3, -0.25) is 4.57 Å². The summed E-state index contributed by atoms with van der Waals surface area (Å²) >= 11 is 6.17. The SMILES string of the molecule is CN(Cc1ccccc1)c1nc(Cl)nc2c1cnn2[C@@H]1O[C@H](COCP(=O)(O)O)[C@@H](O)[C@H]1O. The predicted octanol–water partition coefficient (Wildman–Crippen LogP) is 0.887. The normalized spacial score (nSPS) is 23.3. The number of nitrogens with zero attached hydrogens (tertiary/aromatic N) is 5. The number of fused-ring (bicyclic) bond motifs is 1. The van der Waals surface area contributed by atoms with Gasteiger partial charge in [0.1, 0.15) is 30.5 Å². The molecule has 4 atom stereocenters. The van der Waals surface area contributed by atoms with Gasteiger partial charge in [-0.05, 0) is 17.2 Å². The molecule has 14 heteroatoms. The fraction of sp³-hybridized carbons (Fsp3) is 0.421. The van der Waals surface area contributed by atoms with Crippen LogP contribution in [0.15, 0.2) is 36.5 Å². The number of aliphatic hydroxyl groups is 2. The minimum Gasteiger partial charge on any atom is -0.387 e. The number of anilines is 1. The van der Waals surface area contributed by atoms with E-state index in [0.717, 1.165) is 5.56 Å². The average molecular weight is 500 g/mol. The summed E-state index contributed by atoms with van der Waals surface area (Å²) < 4.78 is 22.9. The molecule has 178 valence electrons. The molecule has 12 nitrogen and oxygen atoms in total. The first-order valence-corrected chi connectivity index (χ1v) is 12.1. The van der Waals surface area contributed by atoms with Gasteiger partial charge in [-0.25, -0.2) is 4.68 Å². The molecule has 4 N–H and O–H groups in total. The summed E-state index contributed by atoms with van der Waals surface area (Å²) in [6.07, 6.45) is -4.24. The van der Waals surface area contributed by atoms with Crippen LogP contribution in [0.3, 0.4) is 0 Å². The van der Waals surface area contributed by atoms with Gasteiger partial charge in [0.25, 0.3) is 0 Å². The Labute approximate surface area is 193 Å². The summed E-state index contributed by atoms with van der Waals surface area (Å²) in [5.41, 5.74) is 1.35. The van der Waals surface area contributed by atoms with Crippen molar-refractivity contribution in [2.75, 3.05) is 24.9 Å². The molecular formula is C19H23ClN5O7P. The van der Waals surface area contributed by atoms with Crippen molar-refractivity contribution in [1.82, 2.24) is 19.7 Å². The summed E-state index contributed by atoms with van der Waals surface area (Å²) in [5, 5.41) is 25.7. The third-order valence-electron chi connectivity index (χ3n) is 5.15. The minimum atomic E-state index is -4.38. The summed E-state index contributed by atoms with van der Waals surface area (Å²) in [7, 11) is -2.53. The van der Waals surface area contributed by atoms with Crippen LogP contribution >= 0.6 is 19.2 Å². The van der Waals surface area contributed by atoms with E-state index in [4.69, 9.17) is 30.9 Å². The highest BCUT2D eigenvalue weighted by atomic mass is 35.5. The molecule has 3 heterocycles. The second-order valence-electron chi connectivity index (χ2n) is 7.70. The Morgan fingerprint density at radius 2 is 1.94 bits per heavy atom. The molecule has 0 saturated carbocycles. The monoisotopic (exact) mass is 499 g/mol. The molecule has 0 aliphatic carbocycles. The fourth-order valence-electron chi connectivity index (χ4n) is 3.65. The first-order valence-electron chi connectivity index (χ1n) is 9.94. The lowest BCUT2D eigenvalue weighted by Gasteiger charge is -2.20. The van der Waals surface area contributed by atoms with Gasteiger partial charge in [0, 0.05) is 13.6 Å². The molecule has 0 bridgehead atoms. The quantitative estimate of drug-likeness (QED) is 0.257. The number of aliphatic hydroxyl groups excluding tert-OH is 2. The molecule has 4 rings (SSSR count). The number of rotatable bonds is 8. The second-order valence-corrected chi connectivity index (χ2v) is 9.62. The topological polar surface area (TPSA) is 163 Å². The Kier molecular flexibility index (Phi) is 6.99. The van der Waals surface area contributed by atoms with Gasteiger partial charge in [-0.1, -0.05) is 30.3 Å². The molecule has 3 aromatic rings. The van der Waals surface area contributed by atoms with E-state index < -0.39 is 38.5 Å². The molecule has 1 fully saturated rings. The highest BCUT2D eigenvalue weighted by Crippen LogP contribution is 2.36. The Morgan fingerprint density at radius 1 is 1.21 bits per heavy atom. The first kappa shape index (κ1) is 24.0. The van der Waals surface area contributed by atoms with Crippen LogP contribution in [0.4, 0.5) is 5.82 Å². The van der Waals surface area contributed by atoms with Crippen molar-refractivity contribution in [3.63, 3.8) is 0 Å². The van der Waals surface area contributed by atoms with Gasteiger partial charge >= 0.3 is 7.60 Å². The van der Waals surface area contributed by atoms with E-state index in [-0.39, 0.29) is 17.5 Å². The zero-order chi connectivity index (χ0) is 23.8. The number of benzene rings is 1. The van der Waals surface area contributed by atoms with Gasteiger partial charge in [0.2, 0.25) is 5.28 Å². The van der Waals surface area contributed by atoms with Crippen LogP contribution in [0.2, 0.25) is 5.28 Å². The smallest absolute Gasteiger partial charge is 0.350 e. The fourth-order valence-corrected chi connectivity index (χ4v) is 4.15. The Bertz CT molecular complexity index is 1160. The van der Waals surface area contributed by atoms with E-state index >= 15 is 0 Å². The molecule has 2 aromatic heterocycles. The van der Waals surface area contributed by atoms with Crippen LogP contribution in [0.25, 0.3) is 11.0 Å². The molecule has 1 aromatic carbocycles. The van der Waals surface area contributed by atoms with Crippen molar-refractivity contribution in [2.45, 2.75) is 31.1 Å². The number of halogens is 1. The van der Waals surface area contributed by atoms with Gasteiger partial charge in [0.05, 0.1) is 18.2 Å². The van der Waals surface area contributed by atoms with Crippen LogP contribution in [-0.2, 0) is 20.6 Å². The summed E-state index contributed by atoms with van der Waals surface area (Å²) in [6, 6.07) is 9.78. The van der Waals surface area contributed by atoms with E-state index in [1.165, 1.54) is 10.9 Å². The third kappa shape index (κ3) is 5.34. The van der Waals surface area contributed by atoms with Gasteiger partial charge in [0.15, 0.2) is 11.9 Å². The second kappa shape index (κ2) is 9.61. The Hall–Kier alpha value is -2.15. The number of hydrogen-bond acceptors (Lipinski definition) is 9. The maximum Gasteiger partial charge on any atom is 0.350 e. The molecule has 0 unspecified atom stereocenters. The van der Waals surface area contributed by atoms with Crippen molar-refractivity contribution in [2.24, 2.45) is 0 Å². The molecule has 33 heavy (non-hydrogen) atoms. The van der Waals surface area contributed by atoms with Crippen LogP contribution < -0.4 is 4.90 Å². The van der Waals surface area contributed by atoms with E-state index in [1.54, 1.807) is 0 Å². The van der Waals surface area contributed by atoms with Gasteiger partial charge < -0.3 is 34.4 Å². The van der Waals surface area contributed by atoms with Crippen LogP contribution in [0.5, 0.6) is 0 Å². The lowest BCUT2D eigenvalue weighted by Crippen LogP contribution is -2.34. The molecule has 1 saturated heterocycles. The zero-order valence-electron chi connectivity index (χ0n) is 17.5. The zero-order valence-corrected chi connectivity index (χ0v) is 19.1. The lowest BCUT2D eigenvalue weighted by atomic mass is 10.1. The van der Waals surface area contributed by atoms with E-state index in [0.29, 0.717) is 17.7 Å². The molecule has 0 amide bonds. The Balaban J connectivity index is 1.58. The van der Waals surface area contributed by atoms with Gasteiger partial charge in [-0.2, -0.15) is 15.1 Å². The molecule has 1 aliphatic rings. The van der Waals surface area contributed by atoms with E-state index in [2.05, 4.69) is 15.1 Å². The van der Waals surface area contributed by atoms with Crippen molar-refractivity contribution in [1.29, 1.82) is 0 Å². The average Bonchev–Trinajstić information content (AvgIpc) is 3.29. The maximum atomic E-state index is 11.0.